The van der Waals surface area contributed by atoms with Crippen LogP contribution >= 0.6 is 0 Å². The van der Waals surface area contributed by atoms with Crippen molar-refractivity contribution in [2.24, 2.45) is 13.0 Å². The molecule has 0 bridgehead atoms. The first-order valence-electron chi connectivity index (χ1n) is 8.68. The van der Waals surface area contributed by atoms with Gasteiger partial charge in [-0.05, 0) is 38.0 Å². The minimum atomic E-state index is -0.580. The predicted octanol–water partition coefficient (Wildman–Crippen LogP) is 2.59. The van der Waals surface area contributed by atoms with Gasteiger partial charge in [0.05, 0.1) is 30.3 Å². The first kappa shape index (κ1) is 17.6. The molecule has 25 heavy (non-hydrogen) atoms. The summed E-state index contributed by atoms with van der Waals surface area (Å²) in [6.07, 6.45) is 6.80. The standard InChI is InChI=1S/C17H24FN5O2/c1-3-14-15(9-23(2)22-14)20-17-19-8-13(18)16(21-17)25-10-11-4-6-12(24)7-5-11/h8-9,11-12,24H,3-7,10H2,1-2H3,(H,19,20,21)/t11-,12-. The van der Waals surface area contributed by atoms with E-state index in [1.165, 1.54) is 0 Å². The lowest BCUT2D eigenvalue weighted by Gasteiger charge is -2.25. The minimum Gasteiger partial charge on any atom is -0.475 e. The Labute approximate surface area is 146 Å². The van der Waals surface area contributed by atoms with Crippen molar-refractivity contribution in [3.8, 4) is 5.88 Å². The van der Waals surface area contributed by atoms with Crippen molar-refractivity contribution in [1.29, 1.82) is 0 Å². The third-order valence-electron chi connectivity index (χ3n) is 4.47. The number of rotatable bonds is 6. The second kappa shape index (κ2) is 7.77. The highest BCUT2D eigenvalue weighted by molar-refractivity contribution is 5.55. The number of aliphatic hydroxyl groups is 1. The average Bonchev–Trinajstić information content (AvgIpc) is 2.96. The van der Waals surface area contributed by atoms with Crippen LogP contribution < -0.4 is 10.1 Å². The van der Waals surface area contributed by atoms with E-state index in [-0.39, 0.29) is 17.9 Å². The molecule has 136 valence electrons. The predicted molar refractivity (Wildman–Crippen MR) is 91.3 cm³/mol. The van der Waals surface area contributed by atoms with Crippen LogP contribution in [0.2, 0.25) is 0 Å². The second-order valence-corrected chi connectivity index (χ2v) is 6.47. The minimum absolute atomic E-state index is 0.0504. The van der Waals surface area contributed by atoms with Crippen LogP contribution in [0.5, 0.6) is 5.88 Å². The molecule has 1 aliphatic carbocycles. The maximum Gasteiger partial charge on any atom is 0.255 e. The van der Waals surface area contributed by atoms with Gasteiger partial charge in [0.2, 0.25) is 11.8 Å². The van der Waals surface area contributed by atoms with Crippen molar-refractivity contribution >= 4 is 11.6 Å². The number of halogens is 1. The SMILES string of the molecule is CCc1nn(C)cc1Nc1ncc(F)c(OC[C@H]2CC[C@H](O)CC2)n1. The molecule has 0 aliphatic heterocycles. The number of ether oxygens (including phenoxy) is 1. The molecular formula is C17H24FN5O2. The van der Waals surface area contributed by atoms with Crippen molar-refractivity contribution < 1.29 is 14.2 Å². The third kappa shape index (κ3) is 4.45. The lowest BCUT2D eigenvalue weighted by molar-refractivity contribution is 0.0899. The number of hydrogen-bond acceptors (Lipinski definition) is 6. The van der Waals surface area contributed by atoms with Crippen LogP contribution in [-0.4, -0.2) is 37.6 Å². The summed E-state index contributed by atoms with van der Waals surface area (Å²) in [5.74, 6) is -0.0359. The summed E-state index contributed by atoms with van der Waals surface area (Å²) in [5, 5.41) is 17.0. The zero-order valence-electron chi connectivity index (χ0n) is 14.6. The molecule has 2 aromatic heterocycles. The van der Waals surface area contributed by atoms with Crippen LogP contribution in [0.3, 0.4) is 0 Å². The van der Waals surface area contributed by atoms with Gasteiger partial charge in [-0.25, -0.2) is 4.98 Å². The Balaban J connectivity index is 1.65. The van der Waals surface area contributed by atoms with Gasteiger partial charge < -0.3 is 15.2 Å². The van der Waals surface area contributed by atoms with Crippen LogP contribution in [-0.2, 0) is 13.5 Å². The van der Waals surface area contributed by atoms with E-state index in [9.17, 15) is 9.50 Å². The molecule has 7 nitrogen and oxygen atoms in total. The van der Waals surface area contributed by atoms with Crippen molar-refractivity contribution in [2.45, 2.75) is 45.1 Å². The fraction of sp³-hybridized carbons (Fsp3) is 0.588. The third-order valence-corrected chi connectivity index (χ3v) is 4.47. The normalized spacial score (nSPS) is 20.5. The molecule has 0 spiro atoms. The lowest BCUT2D eigenvalue weighted by Crippen LogP contribution is -2.23. The zero-order valence-corrected chi connectivity index (χ0v) is 14.6. The lowest BCUT2D eigenvalue weighted by atomic mass is 9.88. The van der Waals surface area contributed by atoms with Crippen LogP contribution in [0.4, 0.5) is 16.0 Å². The Hall–Kier alpha value is -2.22. The van der Waals surface area contributed by atoms with Gasteiger partial charge in [-0.15, -0.1) is 0 Å². The van der Waals surface area contributed by atoms with Crippen molar-refractivity contribution in [3.63, 3.8) is 0 Å². The van der Waals surface area contributed by atoms with Gasteiger partial charge in [0.25, 0.3) is 5.88 Å². The maximum absolute atomic E-state index is 13.9. The van der Waals surface area contributed by atoms with E-state index in [1.54, 1.807) is 4.68 Å². The second-order valence-electron chi connectivity index (χ2n) is 6.47. The van der Waals surface area contributed by atoms with Crippen LogP contribution in [0.1, 0.15) is 38.3 Å². The number of hydrogen-bond donors (Lipinski definition) is 2. The van der Waals surface area contributed by atoms with Gasteiger partial charge in [0.1, 0.15) is 0 Å². The van der Waals surface area contributed by atoms with Gasteiger partial charge in [0.15, 0.2) is 0 Å². The van der Waals surface area contributed by atoms with E-state index in [0.717, 1.165) is 49.7 Å². The molecule has 3 rings (SSSR count). The van der Waals surface area contributed by atoms with Gasteiger partial charge in [-0.2, -0.15) is 14.5 Å². The average molecular weight is 349 g/mol. The fourth-order valence-electron chi connectivity index (χ4n) is 3.04. The Kier molecular flexibility index (Phi) is 5.47. The Bertz CT molecular complexity index is 713. The summed E-state index contributed by atoms with van der Waals surface area (Å²) in [4.78, 5) is 8.12. The number of aryl methyl sites for hydroxylation is 2. The first-order valence-corrected chi connectivity index (χ1v) is 8.68. The summed E-state index contributed by atoms with van der Waals surface area (Å²) in [6, 6.07) is 0. The topological polar surface area (TPSA) is 85.1 Å². The summed E-state index contributed by atoms with van der Waals surface area (Å²) in [7, 11) is 1.84. The van der Waals surface area contributed by atoms with Crippen LogP contribution in [0.15, 0.2) is 12.4 Å². The van der Waals surface area contributed by atoms with Gasteiger partial charge in [0, 0.05) is 13.2 Å². The molecule has 2 N–H and O–H groups in total. The van der Waals surface area contributed by atoms with Crippen LogP contribution in [0.25, 0.3) is 0 Å². The van der Waals surface area contributed by atoms with Crippen molar-refractivity contribution in [2.75, 3.05) is 11.9 Å². The van der Waals surface area contributed by atoms with E-state index in [2.05, 4.69) is 20.4 Å². The molecule has 8 heteroatoms. The molecule has 0 aromatic carbocycles. The number of nitrogens with zero attached hydrogens (tertiary/aromatic N) is 4. The molecule has 1 fully saturated rings. The molecule has 0 unspecified atom stereocenters. The Morgan fingerprint density at radius 3 is 2.84 bits per heavy atom. The largest absolute Gasteiger partial charge is 0.475 e. The van der Waals surface area contributed by atoms with Crippen molar-refractivity contribution in [3.05, 3.63) is 23.9 Å². The highest BCUT2D eigenvalue weighted by atomic mass is 19.1. The monoisotopic (exact) mass is 349 g/mol. The first-order chi connectivity index (χ1) is 12.0. The molecule has 2 heterocycles. The van der Waals surface area contributed by atoms with Crippen molar-refractivity contribution in [1.82, 2.24) is 19.7 Å². The van der Waals surface area contributed by atoms with E-state index in [1.807, 2.05) is 20.2 Å². The molecule has 2 aromatic rings. The molecule has 0 atom stereocenters. The summed E-state index contributed by atoms with van der Waals surface area (Å²) < 4.78 is 21.2. The molecule has 0 amide bonds. The molecule has 0 radical (unpaired) electrons. The van der Waals surface area contributed by atoms with E-state index in [0.29, 0.717) is 12.5 Å². The summed E-state index contributed by atoms with van der Waals surface area (Å²) in [5.41, 5.74) is 1.68. The van der Waals surface area contributed by atoms with Gasteiger partial charge in [-0.1, -0.05) is 6.92 Å². The highest BCUT2D eigenvalue weighted by Crippen LogP contribution is 2.26. The number of aromatic nitrogens is 4. The number of nitrogens with one attached hydrogen (secondary N) is 1. The fourth-order valence-corrected chi connectivity index (χ4v) is 3.04. The summed E-state index contributed by atoms with van der Waals surface area (Å²) in [6.45, 7) is 2.40. The van der Waals surface area contributed by atoms with E-state index < -0.39 is 5.82 Å². The van der Waals surface area contributed by atoms with E-state index >= 15 is 0 Å². The number of anilines is 2. The molecule has 0 saturated heterocycles. The zero-order chi connectivity index (χ0) is 17.8. The Morgan fingerprint density at radius 1 is 1.36 bits per heavy atom. The molecule has 1 saturated carbocycles. The van der Waals surface area contributed by atoms with E-state index in [4.69, 9.17) is 4.74 Å². The summed E-state index contributed by atoms with van der Waals surface area (Å²) >= 11 is 0. The van der Waals surface area contributed by atoms with Crippen LogP contribution in [0, 0.1) is 11.7 Å². The molecule has 1 aliphatic rings. The quantitative estimate of drug-likeness (QED) is 0.834. The molecular weight excluding hydrogens is 325 g/mol. The maximum atomic E-state index is 13.9. The highest BCUT2D eigenvalue weighted by Gasteiger charge is 2.21. The van der Waals surface area contributed by atoms with Gasteiger partial charge >= 0.3 is 0 Å². The van der Waals surface area contributed by atoms with Gasteiger partial charge in [-0.3, -0.25) is 4.68 Å². The number of aliphatic hydroxyl groups excluding tert-OH is 1. The smallest absolute Gasteiger partial charge is 0.255 e. The Morgan fingerprint density at radius 2 is 2.12 bits per heavy atom.